The van der Waals surface area contributed by atoms with Crippen molar-refractivity contribution in [1.82, 2.24) is 15.1 Å². The van der Waals surface area contributed by atoms with Crippen molar-refractivity contribution in [2.24, 2.45) is 0 Å². The molecule has 1 aliphatic rings. The van der Waals surface area contributed by atoms with Gasteiger partial charge in [-0.15, -0.1) is 10.2 Å². The first-order chi connectivity index (χ1) is 10.7. The predicted octanol–water partition coefficient (Wildman–Crippen LogP) is 2.48. The molecule has 2 rings (SSSR count). The van der Waals surface area contributed by atoms with Gasteiger partial charge in [0.1, 0.15) is 0 Å². The Hall–Kier alpha value is -0.860. The Labute approximate surface area is 140 Å². The highest BCUT2D eigenvalue weighted by atomic mass is 32.2. The Balaban J connectivity index is 1.78. The van der Waals surface area contributed by atoms with E-state index in [9.17, 15) is 4.79 Å². The van der Waals surface area contributed by atoms with Crippen molar-refractivity contribution in [2.45, 2.75) is 43.0 Å². The number of thioether (sulfide) groups is 1. The first-order valence-electron chi connectivity index (χ1n) is 7.73. The highest BCUT2D eigenvalue weighted by Gasteiger charge is 2.25. The van der Waals surface area contributed by atoms with E-state index in [2.05, 4.69) is 27.3 Å². The highest BCUT2D eigenvalue weighted by molar-refractivity contribution is 8.01. The fourth-order valence-electron chi connectivity index (χ4n) is 2.56. The van der Waals surface area contributed by atoms with Crippen LogP contribution in [-0.2, 0) is 9.53 Å². The van der Waals surface area contributed by atoms with Crippen LogP contribution in [0.15, 0.2) is 4.34 Å². The standard InChI is InChI=1S/C14H24N4O2S2/c1-3-11-6-4-5-8-18(11)12(19)10-21-14-17-16-13(22-14)15-7-9-20-2/h11H,3-10H2,1-2H3,(H,15,16). The van der Waals surface area contributed by atoms with Gasteiger partial charge in [-0.2, -0.15) is 0 Å². The molecule has 0 aliphatic carbocycles. The van der Waals surface area contributed by atoms with Gasteiger partial charge >= 0.3 is 0 Å². The molecule has 0 bridgehead atoms. The Morgan fingerprint density at radius 3 is 3.14 bits per heavy atom. The van der Waals surface area contributed by atoms with Crippen LogP contribution < -0.4 is 5.32 Å². The lowest BCUT2D eigenvalue weighted by molar-refractivity contribution is -0.132. The molecule has 8 heteroatoms. The number of nitrogens with one attached hydrogen (secondary N) is 1. The number of aromatic nitrogens is 2. The summed E-state index contributed by atoms with van der Waals surface area (Å²) >= 11 is 2.96. The Kier molecular flexibility index (Phi) is 7.41. The fraction of sp³-hybridized carbons (Fsp3) is 0.786. The van der Waals surface area contributed by atoms with Crippen LogP contribution in [0, 0.1) is 0 Å². The Bertz CT molecular complexity index is 469. The summed E-state index contributed by atoms with van der Waals surface area (Å²) in [5.74, 6) is 0.670. The molecule has 1 atom stereocenters. The van der Waals surface area contributed by atoms with E-state index in [0.717, 1.165) is 35.3 Å². The first kappa shape index (κ1) is 17.5. The maximum Gasteiger partial charge on any atom is 0.233 e. The smallest absolute Gasteiger partial charge is 0.233 e. The quantitative estimate of drug-likeness (QED) is 0.577. The van der Waals surface area contributed by atoms with E-state index in [1.165, 1.54) is 29.5 Å². The first-order valence-corrected chi connectivity index (χ1v) is 9.53. The van der Waals surface area contributed by atoms with Crippen LogP contribution in [0.5, 0.6) is 0 Å². The van der Waals surface area contributed by atoms with Gasteiger partial charge in [-0.1, -0.05) is 30.0 Å². The van der Waals surface area contributed by atoms with Crippen LogP contribution in [0.2, 0.25) is 0 Å². The molecule has 0 aromatic carbocycles. The van der Waals surface area contributed by atoms with E-state index in [1.54, 1.807) is 7.11 Å². The lowest BCUT2D eigenvalue weighted by Crippen LogP contribution is -2.44. The minimum atomic E-state index is 0.223. The maximum absolute atomic E-state index is 12.4. The molecule has 1 aromatic rings. The molecule has 1 N–H and O–H groups in total. The summed E-state index contributed by atoms with van der Waals surface area (Å²) in [6, 6.07) is 0.419. The second kappa shape index (κ2) is 9.32. The van der Waals surface area contributed by atoms with Crippen molar-refractivity contribution in [3.05, 3.63) is 0 Å². The second-order valence-electron chi connectivity index (χ2n) is 5.23. The van der Waals surface area contributed by atoms with Crippen molar-refractivity contribution in [2.75, 3.05) is 37.9 Å². The number of likely N-dealkylation sites (tertiary alicyclic amines) is 1. The maximum atomic E-state index is 12.4. The number of rotatable bonds is 8. The number of hydrogen-bond donors (Lipinski definition) is 1. The Morgan fingerprint density at radius 2 is 2.36 bits per heavy atom. The van der Waals surface area contributed by atoms with E-state index >= 15 is 0 Å². The summed E-state index contributed by atoms with van der Waals surface area (Å²) in [5, 5.41) is 12.1. The number of hydrogen-bond acceptors (Lipinski definition) is 7. The normalized spacial score (nSPS) is 18.5. The van der Waals surface area contributed by atoms with Gasteiger partial charge in [-0.05, 0) is 25.7 Å². The van der Waals surface area contributed by atoms with Gasteiger partial charge in [-0.25, -0.2) is 0 Å². The summed E-state index contributed by atoms with van der Waals surface area (Å²) < 4.78 is 5.81. The highest BCUT2D eigenvalue weighted by Crippen LogP contribution is 2.27. The zero-order valence-corrected chi connectivity index (χ0v) is 14.8. The van der Waals surface area contributed by atoms with E-state index < -0.39 is 0 Å². The number of carbonyl (C=O) groups excluding carboxylic acids is 1. The SMILES string of the molecule is CCC1CCCCN1C(=O)CSc1nnc(NCCOC)s1. The molecule has 2 heterocycles. The molecular formula is C14H24N4O2S2. The molecule has 6 nitrogen and oxygen atoms in total. The van der Waals surface area contributed by atoms with E-state index in [0.29, 0.717) is 24.9 Å². The molecule has 1 aromatic heterocycles. The van der Waals surface area contributed by atoms with Crippen molar-refractivity contribution in [3.8, 4) is 0 Å². The number of piperidine rings is 1. The third-order valence-corrected chi connectivity index (χ3v) is 5.73. The lowest BCUT2D eigenvalue weighted by Gasteiger charge is -2.35. The Morgan fingerprint density at radius 1 is 1.50 bits per heavy atom. The molecule has 22 heavy (non-hydrogen) atoms. The number of methoxy groups -OCH3 is 1. The third kappa shape index (κ3) is 5.10. The number of nitrogens with zero attached hydrogens (tertiary/aromatic N) is 3. The van der Waals surface area contributed by atoms with Crippen LogP contribution in [0.25, 0.3) is 0 Å². The summed E-state index contributed by atoms with van der Waals surface area (Å²) in [6.45, 7) is 4.40. The predicted molar refractivity (Wildman–Crippen MR) is 90.6 cm³/mol. The van der Waals surface area contributed by atoms with Crippen molar-refractivity contribution < 1.29 is 9.53 Å². The molecule has 0 spiro atoms. The number of carbonyl (C=O) groups is 1. The average Bonchev–Trinajstić information content (AvgIpc) is 3.00. The van der Waals surface area contributed by atoms with Crippen LogP contribution >= 0.6 is 23.1 Å². The van der Waals surface area contributed by atoms with Crippen molar-refractivity contribution >= 4 is 34.1 Å². The molecular weight excluding hydrogens is 320 g/mol. The van der Waals surface area contributed by atoms with E-state index in [4.69, 9.17) is 4.74 Å². The molecule has 1 aliphatic heterocycles. The van der Waals surface area contributed by atoms with Gasteiger partial charge in [0, 0.05) is 26.2 Å². The summed E-state index contributed by atoms with van der Waals surface area (Å²) in [6.07, 6.45) is 4.55. The van der Waals surface area contributed by atoms with Gasteiger partial charge in [-0.3, -0.25) is 4.79 Å². The lowest BCUT2D eigenvalue weighted by atomic mass is 10.0. The molecule has 0 radical (unpaired) electrons. The van der Waals surface area contributed by atoms with Crippen molar-refractivity contribution in [1.29, 1.82) is 0 Å². The van der Waals surface area contributed by atoms with Crippen LogP contribution in [-0.4, -0.2) is 59.6 Å². The number of amides is 1. The fourth-order valence-corrected chi connectivity index (χ4v) is 4.22. The van der Waals surface area contributed by atoms with Crippen LogP contribution in [0.3, 0.4) is 0 Å². The van der Waals surface area contributed by atoms with E-state index in [-0.39, 0.29) is 5.91 Å². The number of ether oxygens (including phenoxy) is 1. The van der Waals surface area contributed by atoms with Gasteiger partial charge in [0.15, 0.2) is 4.34 Å². The molecule has 124 valence electrons. The van der Waals surface area contributed by atoms with Gasteiger partial charge < -0.3 is 15.0 Å². The van der Waals surface area contributed by atoms with Crippen molar-refractivity contribution in [3.63, 3.8) is 0 Å². The molecule has 1 unspecified atom stereocenters. The summed E-state index contributed by atoms with van der Waals surface area (Å²) in [7, 11) is 1.67. The topological polar surface area (TPSA) is 67.4 Å². The summed E-state index contributed by atoms with van der Waals surface area (Å²) in [4.78, 5) is 14.4. The molecule has 1 amide bonds. The molecule has 1 fully saturated rings. The molecule has 0 saturated carbocycles. The van der Waals surface area contributed by atoms with Gasteiger partial charge in [0.2, 0.25) is 11.0 Å². The monoisotopic (exact) mass is 344 g/mol. The largest absolute Gasteiger partial charge is 0.383 e. The average molecular weight is 345 g/mol. The van der Waals surface area contributed by atoms with Gasteiger partial charge in [0.25, 0.3) is 0 Å². The minimum Gasteiger partial charge on any atom is -0.383 e. The van der Waals surface area contributed by atoms with Crippen LogP contribution in [0.4, 0.5) is 5.13 Å². The molecule has 1 saturated heterocycles. The zero-order chi connectivity index (χ0) is 15.8. The van der Waals surface area contributed by atoms with Gasteiger partial charge in [0.05, 0.1) is 12.4 Å². The zero-order valence-electron chi connectivity index (χ0n) is 13.2. The summed E-state index contributed by atoms with van der Waals surface area (Å²) in [5.41, 5.74) is 0. The van der Waals surface area contributed by atoms with Crippen LogP contribution in [0.1, 0.15) is 32.6 Å². The second-order valence-corrected chi connectivity index (χ2v) is 7.43. The third-order valence-electron chi connectivity index (χ3n) is 3.73. The van der Waals surface area contributed by atoms with E-state index in [1.807, 2.05) is 0 Å². The minimum absolute atomic E-state index is 0.223. The number of anilines is 1.